The molecule has 0 saturated carbocycles. The first-order chi connectivity index (χ1) is 52.3. The molecule has 3 N–H and O–H groups in total. The van der Waals surface area contributed by atoms with Crippen LogP contribution in [-0.4, -0.2) is 96.7 Å². The van der Waals surface area contributed by atoms with Crippen molar-refractivity contribution in [3.05, 3.63) is 0 Å². The van der Waals surface area contributed by atoms with Gasteiger partial charge in [-0.05, 0) is 43.4 Å². The van der Waals surface area contributed by atoms with Gasteiger partial charge in [-0.2, -0.15) is 0 Å². The van der Waals surface area contributed by atoms with Crippen molar-refractivity contribution >= 4 is 39.5 Å². The minimum atomic E-state index is -4.97. The lowest BCUT2D eigenvalue weighted by atomic mass is 10.00. The summed E-state index contributed by atoms with van der Waals surface area (Å²) in [4.78, 5) is 73.3. The van der Waals surface area contributed by atoms with Crippen molar-refractivity contribution in [2.75, 3.05) is 39.6 Å². The predicted octanol–water partition coefficient (Wildman–Crippen LogP) is 27.3. The van der Waals surface area contributed by atoms with E-state index in [4.69, 9.17) is 37.0 Å². The van der Waals surface area contributed by atoms with E-state index in [-0.39, 0.29) is 25.7 Å². The van der Waals surface area contributed by atoms with E-state index < -0.39 is 97.5 Å². The minimum Gasteiger partial charge on any atom is -0.462 e. The van der Waals surface area contributed by atoms with E-state index in [1.165, 1.54) is 276 Å². The number of esters is 4. The van der Waals surface area contributed by atoms with Crippen molar-refractivity contribution in [2.24, 2.45) is 17.8 Å². The Hall–Kier alpha value is -1.94. The highest BCUT2D eigenvalue weighted by atomic mass is 31.2. The maximum Gasteiger partial charge on any atom is 0.472 e. The number of aliphatic hydroxyl groups excluding tert-OH is 1. The highest BCUT2D eigenvalue weighted by Crippen LogP contribution is 2.45. The number of carbonyl (C=O) groups is 4. The predicted molar refractivity (Wildman–Crippen MR) is 446 cm³/mol. The van der Waals surface area contributed by atoms with Gasteiger partial charge in [-0.1, -0.05) is 421 Å². The lowest BCUT2D eigenvalue weighted by Crippen LogP contribution is -2.30. The molecule has 0 aromatic heterocycles. The molecule has 0 aliphatic carbocycles. The Morgan fingerprint density at radius 3 is 0.704 bits per heavy atom. The van der Waals surface area contributed by atoms with Crippen LogP contribution >= 0.6 is 15.6 Å². The molecule has 0 amide bonds. The fourth-order valence-electron chi connectivity index (χ4n) is 13.9. The van der Waals surface area contributed by atoms with Gasteiger partial charge in [-0.3, -0.25) is 37.3 Å². The molecule has 19 heteroatoms. The second-order valence-electron chi connectivity index (χ2n) is 33.2. The molecular weight excluding hydrogens is 1400 g/mol. The van der Waals surface area contributed by atoms with E-state index in [1.54, 1.807) is 0 Å². The van der Waals surface area contributed by atoms with Gasteiger partial charge in [-0.25, -0.2) is 9.13 Å². The molecule has 0 heterocycles. The van der Waals surface area contributed by atoms with E-state index in [1.807, 2.05) is 0 Å². The maximum atomic E-state index is 13.2. The summed E-state index contributed by atoms with van der Waals surface area (Å²) in [5.74, 6) is 0.250. The van der Waals surface area contributed by atoms with E-state index in [0.29, 0.717) is 25.7 Å². The Kier molecular flexibility index (Phi) is 77.5. The Labute approximate surface area is 664 Å². The number of carbonyl (C=O) groups excluding carboxylic acids is 4. The van der Waals surface area contributed by atoms with Crippen LogP contribution in [0.3, 0.4) is 0 Å². The molecule has 6 atom stereocenters. The maximum absolute atomic E-state index is 13.2. The highest BCUT2D eigenvalue weighted by molar-refractivity contribution is 7.47. The molecule has 0 radical (unpaired) electrons. The van der Waals surface area contributed by atoms with Crippen LogP contribution in [0.2, 0.25) is 0 Å². The molecule has 0 aliphatic heterocycles. The van der Waals surface area contributed by atoms with Gasteiger partial charge in [0.2, 0.25) is 0 Å². The first-order valence-electron chi connectivity index (χ1n) is 45.9. The van der Waals surface area contributed by atoms with Crippen molar-refractivity contribution < 1.29 is 80.2 Å². The number of hydrogen-bond donors (Lipinski definition) is 3. The van der Waals surface area contributed by atoms with Crippen molar-refractivity contribution in [3.8, 4) is 0 Å². The molecule has 0 rings (SSSR count). The molecule has 0 bridgehead atoms. The quantitative estimate of drug-likeness (QED) is 0.0222. The first-order valence-corrected chi connectivity index (χ1v) is 48.9. The third-order valence-corrected chi connectivity index (χ3v) is 23.1. The summed E-state index contributed by atoms with van der Waals surface area (Å²) >= 11 is 0. The molecule has 642 valence electrons. The molecular formula is C89H174O17P2. The smallest absolute Gasteiger partial charge is 0.462 e. The Bertz CT molecular complexity index is 2080. The van der Waals surface area contributed by atoms with Crippen LogP contribution in [0.15, 0.2) is 0 Å². The van der Waals surface area contributed by atoms with E-state index in [9.17, 15) is 43.2 Å². The summed E-state index contributed by atoms with van der Waals surface area (Å²) in [6.45, 7) is 12.0. The molecule has 0 aromatic carbocycles. The normalized spacial score (nSPS) is 14.1. The standard InChI is InChI=1S/C89H174O17P2/c1-8-10-11-12-13-14-15-16-17-18-19-20-21-29-34-39-44-49-58-65-72-88(93)105-84(76-99-86(91)70-63-56-48-43-38-33-28-24-22-26-31-36-41-46-53-60-67-80(3)4)78-103-107(95,96)101-74-83(90)75-102-108(97,98)104-79-85(77-100-87(92)71-64-57-52-51-55-62-69-82(7)9-2)106-89(94)73-66-59-50-45-40-35-30-25-23-27-32-37-42-47-54-61-68-81(5)6/h80-85,90H,8-79H2,1-7H3,(H,95,96)(H,97,98)/t82?,83-,84-,85-/m1/s1. The molecule has 3 unspecified atom stereocenters. The Balaban J connectivity index is 5.23. The lowest BCUT2D eigenvalue weighted by molar-refractivity contribution is -0.161. The van der Waals surface area contributed by atoms with Gasteiger partial charge < -0.3 is 33.8 Å². The molecule has 0 saturated heterocycles. The van der Waals surface area contributed by atoms with Crippen molar-refractivity contribution in [1.82, 2.24) is 0 Å². The zero-order chi connectivity index (χ0) is 79.3. The Morgan fingerprint density at radius 2 is 0.472 bits per heavy atom. The van der Waals surface area contributed by atoms with E-state index in [0.717, 1.165) is 114 Å². The van der Waals surface area contributed by atoms with E-state index in [2.05, 4.69) is 48.5 Å². The summed E-state index contributed by atoms with van der Waals surface area (Å²) in [7, 11) is -9.93. The zero-order valence-electron chi connectivity index (χ0n) is 71.3. The molecule has 108 heavy (non-hydrogen) atoms. The van der Waals surface area contributed by atoms with Crippen LogP contribution in [-0.2, 0) is 65.4 Å². The number of ether oxygens (including phenoxy) is 4. The first kappa shape index (κ1) is 106. The van der Waals surface area contributed by atoms with Crippen LogP contribution in [0.1, 0.15) is 472 Å². The summed E-state index contributed by atoms with van der Waals surface area (Å²) in [6.07, 6.45) is 70.9. The third kappa shape index (κ3) is 80.7. The number of rotatable bonds is 87. The van der Waals surface area contributed by atoms with Crippen molar-refractivity contribution in [3.63, 3.8) is 0 Å². The van der Waals surface area contributed by atoms with Crippen LogP contribution in [0.4, 0.5) is 0 Å². The molecule has 0 spiro atoms. The SMILES string of the molecule is CCCCCCCCCCCCCCCCCCCCCCC(=O)O[C@H](COC(=O)CCCCCCCCCCCCCCCCCCC(C)C)COP(=O)(O)OC[C@@H](O)COP(=O)(O)OC[C@@H](COC(=O)CCCCCCCCC(C)CC)OC(=O)CCCCCCCCCCCCCCCCCCC(C)C. The minimum absolute atomic E-state index is 0.107. The fraction of sp³-hybridized carbons (Fsp3) is 0.955. The van der Waals surface area contributed by atoms with Crippen molar-refractivity contribution in [2.45, 2.75) is 491 Å². The number of hydrogen-bond acceptors (Lipinski definition) is 15. The monoisotopic (exact) mass is 1580 g/mol. The van der Waals surface area contributed by atoms with Crippen LogP contribution in [0.5, 0.6) is 0 Å². The van der Waals surface area contributed by atoms with Crippen LogP contribution < -0.4 is 0 Å². The largest absolute Gasteiger partial charge is 0.472 e. The molecule has 0 aliphatic rings. The third-order valence-electron chi connectivity index (χ3n) is 21.2. The average Bonchev–Trinajstić information content (AvgIpc) is 0.900. The van der Waals surface area contributed by atoms with E-state index >= 15 is 0 Å². The van der Waals surface area contributed by atoms with Crippen LogP contribution in [0.25, 0.3) is 0 Å². The topological polar surface area (TPSA) is 237 Å². The van der Waals surface area contributed by atoms with Gasteiger partial charge in [0.1, 0.15) is 19.3 Å². The van der Waals surface area contributed by atoms with Gasteiger partial charge in [0.15, 0.2) is 12.2 Å². The number of aliphatic hydroxyl groups is 1. The second kappa shape index (κ2) is 78.9. The Morgan fingerprint density at radius 1 is 0.269 bits per heavy atom. The molecule has 17 nitrogen and oxygen atoms in total. The van der Waals surface area contributed by atoms with Gasteiger partial charge in [-0.15, -0.1) is 0 Å². The second-order valence-corrected chi connectivity index (χ2v) is 36.1. The summed E-state index contributed by atoms with van der Waals surface area (Å²) < 4.78 is 69.0. The summed E-state index contributed by atoms with van der Waals surface area (Å²) in [6, 6.07) is 0. The average molecular weight is 1580 g/mol. The number of phosphoric ester groups is 2. The molecule has 0 aromatic rings. The highest BCUT2D eigenvalue weighted by Gasteiger charge is 2.31. The van der Waals surface area contributed by atoms with Crippen molar-refractivity contribution in [1.29, 1.82) is 0 Å². The fourth-order valence-corrected chi connectivity index (χ4v) is 15.4. The zero-order valence-corrected chi connectivity index (χ0v) is 73.1. The van der Waals surface area contributed by atoms with Gasteiger partial charge in [0.05, 0.1) is 26.4 Å². The number of phosphoric acid groups is 2. The molecule has 0 fully saturated rings. The van der Waals surface area contributed by atoms with Gasteiger partial charge >= 0.3 is 39.5 Å². The van der Waals surface area contributed by atoms with Gasteiger partial charge in [0, 0.05) is 25.7 Å². The summed E-state index contributed by atoms with van der Waals surface area (Å²) in [5.41, 5.74) is 0. The lowest BCUT2D eigenvalue weighted by Gasteiger charge is -2.21. The number of unbranched alkanes of at least 4 members (excludes halogenated alkanes) is 54. The van der Waals surface area contributed by atoms with Gasteiger partial charge in [0.25, 0.3) is 0 Å². The van der Waals surface area contributed by atoms with Crippen LogP contribution in [0, 0.1) is 17.8 Å². The summed E-state index contributed by atoms with van der Waals surface area (Å²) in [5, 5.41) is 10.7.